The fourth-order valence-electron chi connectivity index (χ4n) is 3.66. The third-order valence-corrected chi connectivity index (χ3v) is 5.22. The average Bonchev–Trinajstić information content (AvgIpc) is 3.02. The number of nitrogens with zero attached hydrogens (tertiary/aromatic N) is 2. The van der Waals surface area contributed by atoms with Crippen molar-refractivity contribution < 1.29 is 9.21 Å². The molecule has 126 valence electrons. The highest BCUT2D eigenvalue weighted by Gasteiger charge is 2.24. The molecule has 0 aromatic carbocycles. The van der Waals surface area contributed by atoms with Gasteiger partial charge < -0.3 is 9.32 Å². The van der Waals surface area contributed by atoms with E-state index in [0.717, 1.165) is 31.0 Å². The highest BCUT2D eigenvalue weighted by Crippen LogP contribution is 2.25. The summed E-state index contributed by atoms with van der Waals surface area (Å²) in [6, 6.07) is 4.50. The van der Waals surface area contributed by atoms with E-state index in [0.29, 0.717) is 12.6 Å². The highest BCUT2D eigenvalue weighted by molar-refractivity contribution is 5.78. The second kappa shape index (κ2) is 7.35. The standard InChI is InChI=1S/C19H28N2O2/c1-15-8-9-18(23-15)16-10-12-21(13-11-16)14-19(22)20(2)17-6-4-3-5-7-17/h8-10,17H,3-7,11-14H2,1-2H3. The van der Waals surface area contributed by atoms with Crippen LogP contribution in [-0.2, 0) is 4.79 Å². The lowest BCUT2D eigenvalue weighted by molar-refractivity contribution is -0.133. The van der Waals surface area contributed by atoms with Crippen molar-refractivity contribution in [3.05, 3.63) is 29.7 Å². The number of likely N-dealkylation sites (N-methyl/N-ethyl adjacent to an activating group) is 1. The lowest BCUT2D eigenvalue weighted by atomic mass is 9.94. The number of carbonyl (C=O) groups excluding carboxylic acids is 1. The van der Waals surface area contributed by atoms with Crippen molar-refractivity contribution in [2.45, 2.75) is 51.5 Å². The third kappa shape index (κ3) is 4.05. The predicted octanol–water partition coefficient (Wildman–Crippen LogP) is 3.47. The normalized spacial score (nSPS) is 20.3. The number of amides is 1. The Morgan fingerprint density at radius 3 is 2.70 bits per heavy atom. The van der Waals surface area contributed by atoms with Crippen LogP contribution in [0.4, 0.5) is 0 Å². The largest absolute Gasteiger partial charge is 0.462 e. The molecule has 1 aromatic heterocycles. The summed E-state index contributed by atoms with van der Waals surface area (Å²) < 4.78 is 5.69. The molecular weight excluding hydrogens is 288 g/mol. The van der Waals surface area contributed by atoms with Gasteiger partial charge in [0, 0.05) is 26.2 Å². The van der Waals surface area contributed by atoms with Gasteiger partial charge in [0.15, 0.2) is 0 Å². The van der Waals surface area contributed by atoms with E-state index in [1.807, 2.05) is 31.0 Å². The maximum atomic E-state index is 12.5. The zero-order valence-electron chi connectivity index (χ0n) is 14.4. The molecule has 1 aromatic rings. The molecule has 0 N–H and O–H groups in total. The topological polar surface area (TPSA) is 36.7 Å². The van der Waals surface area contributed by atoms with Crippen molar-refractivity contribution in [3.8, 4) is 0 Å². The summed E-state index contributed by atoms with van der Waals surface area (Å²) in [5, 5.41) is 0. The summed E-state index contributed by atoms with van der Waals surface area (Å²) in [6.45, 7) is 4.27. The third-order valence-electron chi connectivity index (χ3n) is 5.22. The number of furan rings is 1. The Hall–Kier alpha value is -1.55. The number of aryl methyl sites for hydroxylation is 1. The first-order valence-corrected chi connectivity index (χ1v) is 8.87. The quantitative estimate of drug-likeness (QED) is 0.853. The van der Waals surface area contributed by atoms with Gasteiger partial charge in [-0.15, -0.1) is 0 Å². The van der Waals surface area contributed by atoms with E-state index in [-0.39, 0.29) is 5.91 Å². The number of hydrogen-bond donors (Lipinski definition) is 0. The molecule has 1 aliphatic carbocycles. The van der Waals surface area contributed by atoms with Crippen LogP contribution in [0.5, 0.6) is 0 Å². The summed E-state index contributed by atoms with van der Waals surface area (Å²) in [7, 11) is 1.98. The smallest absolute Gasteiger partial charge is 0.236 e. The predicted molar refractivity (Wildman–Crippen MR) is 92.1 cm³/mol. The fraction of sp³-hybridized carbons (Fsp3) is 0.632. The Morgan fingerprint density at radius 2 is 2.09 bits per heavy atom. The van der Waals surface area contributed by atoms with Crippen LogP contribution in [0.15, 0.2) is 22.6 Å². The van der Waals surface area contributed by atoms with Crippen LogP contribution in [0, 0.1) is 6.92 Å². The molecule has 0 bridgehead atoms. The second-order valence-corrected chi connectivity index (χ2v) is 6.92. The fourth-order valence-corrected chi connectivity index (χ4v) is 3.66. The van der Waals surface area contributed by atoms with Crippen LogP contribution in [0.25, 0.3) is 5.57 Å². The molecular formula is C19H28N2O2. The van der Waals surface area contributed by atoms with E-state index in [4.69, 9.17) is 4.42 Å². The van der Waals surface area contributed by atoms with Gasteiger partial charge in [-0.3, -0.25) is 9.69 Å². The minimum atomic E-state index is 0.266. The Bertz CT molecular complexity index is 570. The van der Waals surface area contributed by atoms with Gasteiger partial charge in [-0.25, -0.2) is 0 Å². The van der Waals surface area contributed by atoms with Crippen molar-refractivity contribution in [2.24, 2.45) is 0 Å². The Kier molecular flexibility index (Phi) is 5.21. The van der Waals surface area contributed by atoms with Gasteiger partial charge >= 0.3 is 0 Å². The number of hydrogen-bond acceptors (Lipinski definition) is 3. The average molecular weight is 316 g/mol. The van der Waals surface area contributed by atoms with Crippen molar-refractivity contribution in [1.29, 1.82) is 0 Å². The minimum Gasteiger partial charge on any atom is -0.462 e. The first-order chi connectivity index (χ1) is 11.1. The summed E-state index contributed by atoms with van der Waals surface area (Å²) >= 11 is 0. The van der Waals surface area contributed by atoms with Gasteiger partial charge in [0.05, 0.1) is 6.54 Å². The first-order valence-electron chi connectivity index (χ1n) is 8.87. The zero-order chi connectivity index (χ0) is 16.2. The van der Waals surface area contributed by atoms with Crippen LogP contribution >= 0.6 is 0 Å². The van der Waals surface area contributed by atoms with E-state index in [1.54, 1.807) is 0 Å². The molecule has 3 rings (SSSR count). The number of carbonyl (C=O) groups is 1. The molecule has 4 heteroatoms. The summed E-state index contributed by atoms with van der Waals surface area (Å²) in [5.74, 6) is 2.20. The van der Waals surface area contributed by atoms with E-state index in [1.165, 1.54) is 37.7 Å². The maximum Gasteiger partial charge on any atom is 0.236 e. The van der Waals surface area contributed by atoms with Crippen LogP contribution in [0.1, 0.15) is 50.0 Å². The molecule has 23 heavy (non-hydrogen) atoms. The lowest BCUT2D eigenvalue weighted by Gasteiger charge is -2.33. The summed E-state index contributed by atoms with van der Waals surface area (Å²) in [6.07, 6.45) is 9.35. The van der Waals surface area contributed by atoms with Gasteiger partial charge in [0.25, 0.3) is 0 Å². The van der Waals surface area contributed by atoms with E-state index in [9.17, 15) is 4.79 Å². The molecule has 0 atom stereocenters. The molecule has 1 fully saturated rings. The molecule has 0 saturated heterocycles. The molecule has 1 amide bonds. The van der Waals surface area contributed by atoms with Crippen molar-refractivity contribution >= 4 is 11.5 Å². The Morgan fingerprint density at radius 1 is 1.30 bits per heavy atom. The van der Waals surface area contributed by atoms with Crippen molar-refractivity contribution in [3.63, 3.8) is 0 Å². The van der Waals surface area contributed by atoms with Gasteiger partial charge in [0.2, 0.25) is 5.91 Å². The summed E-state index contributed by atoms with van der Waals surface area (Å²) in [4.78, 5) is 16.7. The first kappa shape index (κ1) is 16.3. The Labute approximate surface area is 139 Å². The molecule has 4 nitrogen and oxygen atoms in total. The summed E-state index contributed by atoms with van der Waals surface area (Å²) in [5.41, 5.74) is 1.27. The molecule has 1 aliphatic heterocycles. The monoisotopic (exact) mass is 316 g/mol. The number of rotatable bonds is 4. The molecule has 0 spiro atoms. The van der Waals surface area contributed by atoms with Gasteiger partial charge in [-0.05, 0) is 43.9 Å². The van der Waals surface area contributed by atoms with E-state index >= 15 is 0 Å². The lowest BCUT2D eigenvalue weighted by Crippen LogP contribution is -2.45. The van der Waals surface area contributed by atoms with Gasteiger partial charge in [-0.2, -0.15) is 0 Å². The molecule has 1 saturated carbocycles. The van der Waals surface area contributed by atoms with Gasteiger partial charge in [-0.1, -0.05) is 25.3 Å². The molecule has 0 unspecified atom stereocenters. The van der Waals surface area contributed by atoms with E-state index in [2.05, 4.69) is 11.0 Å². The van der Waals surface area contributed by atoms with Crippen LogP contribution in [0.2, 0.25) is 0 Å². The van der Waals surface area contributed by atoms with Crippen LogP contribution in [0.3, 0.4) is 0 Å². The second-order valence-electron chi connectivity index (χ2n) is 6.92. The highest BCUT2D eigenvalue weighted by atomic mass is 16.3. The SMILES string of the molecule is Cc1ccc(C2=CCN(CC(=O)N(C)C3CCCCC3)CC2)o1. The zero-order valence-corrected chi connectivity index (χ0v) is 14.4. The minimum absolute atomic E-state index is 0.266. The van der Waals surface area contributed by atoms with E-state index < -0.39 is 0 Å². The van der Waals surface area contributed by atoms with Gasteiger partial charge in [0.1, 0.15) is 11.5 Å². The van der Waals surface area contributed by atoms with Crippen molar-refractivity contribution in [2.75, 3.05) is 26.7 Å². The maximum absolute atomic E-state index is 12.5. The molecule has 2 heterocycles. The van der Waals surface area contributed by atoms with Crippen LogP contribution < -0.4 is 0 Å². The van der Waals surface area contributed by atoms with Crippen molar-refractivity contribution in [1.82, 2.24) is 9.80 Å². The Balaban J connectivity index is 1.51. The van der Waals surface area contributed by atoms with Crippen LogP contribution in [-0.4, -0.2) is 48.4 Å². The molecule has 2 aliphatic rings. The molecule has 0 radical (unpaired) electrons.